The van der Waals surface area contributed by atoms with Crippen LogP contribution in [0.15, 0.2) is 24.3 Å². The Morgan fingerprint density at radius 2 is 1.90 bits per heavy atom. The maximum absolute atomic E-state index is 8.82. The van der Waals surface area contributed by atoms with Gasteiger partial charge in [-0.15, -0.1) is 5.10 Å². The molecule has 1 aliphatic rings. The van der Waals surface area contributed by atoms with E-state index in [4.69, 9.17) is 9.84 Å². The van der Waals surface area contributed by atoms with Crippen LogP contribution in [-0.2, 0) is 4.74 Å². The molecule has 0 radical (unpaired) electrons. The van der Waals surface area contributed by atoms with Crippen molar-refractivity contribution in [2.24, 2.45) is 0 Å². The molecule has 3 rings (SSSR count). The minimum absolute atomic E-state index is 0.0916. The third kappa shape index (κ3) is 2.99. The zero-order chi connectivity index (χ0) is 14.7. The van der Waals surface area contributed by atoms with E-state index in [1.165, 1.54) is 10.8 Å². The van der Waals surface area contributed by atoms with E-state index < -0.39 is 0 Å². The summed E-state index contributed by atoms with van der Waals surface area (Å²) in [6.07, 6.45) is 2.17. The molecule has 1 N–H and O–H groups in total. The molecule has 112 valence electrons. The van der Waals surface area contributed by atoms with Crippen LogP contribution >= 0.6 is 0 Å². The summed E-state index contributed by atoms with van der Waals surface area (Å²) in [6, 6.07) is 8.29. The van der Waals surface area contributed by atoms with Crippen LogP contribution in [0.5, 0.6) is 0 Å². The molecular formula is C16H21N3O2. The molecule has 1 aliphatic heterocycles. The second-order valence-electron chi connectivity index (χ2n) is 5.44. The lowest BCUT2D eigenvalue weighted by atomic mass is 10.1. The molecule has 2 aromatic rings. The number of ether oxygens (including phenoxy) is 1. The highest BCUT2D eigenvalue weighted by atomic mass is 16.5. The largest absolute Gasteiger partial charge is 0.394 e. The van der Waals surface area contributed by atoms with Crippen molar-refractivity contribution in [2.45, 2.75) is 25.9 Å². The number of aliphatic hydroxyl groups is 1. The average Bonchev–Trinajstić information content (AvgIpc) is 2.54. The first-order chi connectivity index (χ1) is 10.3. The third-order valence-electron chi connectivity index (χ3n) is 4.04. The Labute approximate surface area is 124 Å². The second kappa shape index (κ2) is 6.37. The van der Waals surface area contributed by atoms with Gasteiger partial charge in [0.25, 0.3) is 0 Å². The summed E-state index contributed by atoms with van der Waals surface area (Å²) < 4.78 is 5.61. The van der Waals surface area contributed by atoms with E-state index in [9.17, 15) is 0 Å². The van der Waals surface area contributed by atoms with Gasteiger partial charge in [-0.1, -0.05) is 24.3 Å². The Morgan fingerprint density at radius 3 is 2.62 bits per heavy atom. The van der Waals surface area contributed by atoms with Crippen molar-refractivity contribution in [3.63, 3.8) is 0 Å². The van der Waals surface area contributed by atoms with E-state index >= 15 is 0 Å². The molecular weight excluding hydrogens is 266 g/mol. The number of aromatic nitrogens is 2. The molecule has 0 amide bonds. The third-order valence-corrected chi connectivity index (χ3v) is 4.04. The van der Waals surface area contributed by atoms with Gasteiger partial charge in [0.2, 0.25) is 0 Å². The summed E-state index contributed by atoms with van der Waals surface area (Å²) in [6.45, 7) is 4.34. The lowest BCUT2D eigenvalue weighted by Gasteiger charge is -2.33. The fourth-order valence-electron chi connectivity index (χ4n) is 2.91. The van der Waals surface area contributed by atoms with Crippen molar-refractivity contribution in [3.05, 3.63) is 30.0 Å². The average molecular weight is 287 g/mol. The number of aliphatic hydroxyl groups excluding tert-OH is 1. The van der Waals surface area contributed by atoms with E-state index in [1.807, 2.05) is 19.1 Å². The van der Waals surface area contributed by atoms with Crippen molar-refractivity contribution in [1.29, 1.82) is 0 Å². The molecule has 5 nitrogen and oxygen atoms in total. The van der Waals surface area contributed by atoms with Gasteiger partial charge in [-0.2, -0.15) is 5.10 Å². The van der Waals surface area contributed by atoms with Gasteiger partial charge in [0.1, 0.15) is 0 Å². The van der Waals surface area contributed by atoms with Gasteiger partial charge < -0.3 is 14.7 Å². The monoisotopic (exact) mass is 287 g/mol. The molecule has 0 bridgehead atoms. The Bertz CT molecular complexity index is 609. The topological polar surface area (TPSA) is 58.5 Å². The molecule has 21 heavy (non-hydrogen) atoms. The van der Waals surface area contributed by atoms with Crippen LogP contribution in [0.4, 0.5) is 5.82 Å². The van der Waals surface area contributed by atoms with Gasteiger partial charge in [-0.3, -0.25) is 0 Å². The standard InChI is InChI=1S/C16H21N3O2/c1-12-14-4-2-3-5-15(14)16(18-17-12)19-8-6-13(7-9-19)21-11-10-20/h2-5,13,20H,6-11H2,1H3. The van der Waals surface area contributed by atoms with Gasteiger partial charge in [0, 0.05) is 23.9 Å². The Kier molecular flexibility index (Phi) is 4.31. The van der Waals surface area contributed by atoms with E-state index in [-0.39, 0.29) is 12.7 Å². The van der Waals surface area contributed by atoms with Crippen LogP contribution in [0.25, 0.3) is 10.8 Å². The fraction of sp³-hybridized carbons (Fsp3) is 0.500. The van der Waals surface area contributed by atoms with Crippen LogP contribution in [-0.4, -0.2) is 47.7 Å². The maximum atomic E-state index is 8.82. The highest BCUT2D eigenvalue weighted by Gasteiger charge is 2.22. The van der Waals surface area contributed by atoms with E-state index in [2.05, 4.69) is 27.2 Å². The normalized spacial score (nSPS) is 16.6. The summed E-state index contributed by atoms with van der Waals surface area (Å²) in [4.78, 5) is 2.29. The molecule has 1 fully saturated rings. The number of anilines is 1. The number of aryl methyl sites for hydroxylation is 1. The summed E-state index contributed by atoms with van der Waals surface area (Å²) in [5.41, 5.74) is 0.968. The summed E-state index contributed by atoms with van der Waals surface area (Å²) in [7, 11) is 0. The van der Waals surface area contributed by atoms with Crippen molar-refractivity contribution < 1.29 is 9.84 Å². The summed E-state index contributed by atoms with van der Waals surface area (Å²) in [5, 5.41) is 19.9. The van der Waals surface area contributed by atoms with Crippen LogP contribution < -0.4 is 4.90 Å². The maximum Gasteiger partial charge on any atom is 0.159 e. The first-order valence-electron chi connectivity index (χ1n) is 7.49. The van der Waals surface area contributed by atoms with E-state index in [1.54, 1.807) is 0 Å². The fourth-order valence-corrected chi connectivity index (χ4v) is 2.91. The Balaban J connectivity index is 1.78. The Hall–Kier alpha value is -1.72. The van der Waals surface area contributed by atoms with Crippen LogP contribution in [0.3, 0.4) is 0 Å². The quantitative estimate of drug-likeness (QED) is 0.931. The zero-order valence-corrected chi connectivity index (χ0v) is 12.3. The summed E-state index contributed by atoms with van der Waals surface area (Å²) >= 11 is 0. The molecule has 5 heteroatoms. The van der Waals surface area contributed by atoms with Gasteiger partial charge in [-0.25, -0.2) is 0 Å². The van der Waals surface area contributed by atoms with Gasteiger partial charge >= 0.3 is 0 Å². The number of nitrogens with zero attached hydrogens (tertiary/aromatic N) is 3. The molecule has 0 unspecified atom stereocenters. The smallest absolute Gasteiger partial charge is 0.159 e. The Morgan fingerprint density at radius 1 is 1.19 bits per heavy atom. The van der Waals surface area contributed by atoms with E-state index in [0.29, 0.717) is 6.61 Å². The summed E-state index contributed by atoms with van der Waals surface area (Å²) in [5.74, 6) is 0.969. The number of rotatable bonds is 4. The highest BCUT2D eigenvalue weighted by molar-refractivity contribution is 5.93. The van der Waals surface area contributed by atoms with Gasteiger partial charge in [-0.05, 0) is 19.8 Å². The molecule has 1 aromatic carbocycles. The molecule has 2 heterocycles. The second-order valence-corrected chi connectivity index (χ2v) is 5.44. The minimum atomic E-state index is 0.0916. The minimum Gasteiger partial charge on any atom is -0.394 e. The molecule has 1 saturated heterocycles. The van der Waals surface area contributed by atoms with E-state index in [0.717, 1.165) is 37.4 Å². The first kappa shape index (κ1) is 14.2. The highest BCUT2D eigenvalue weighted by Crippen LogP contribution is 2.28. The predicted octanol–water partition coefficient (Wildman–Crippen LogP) is 1.92. The lowest BCUT2D eigenvalue weighted by Crippen LogP contribution is -2.38. The number of piperidine rings is 1. The number of hydrogen-bond donors (Lipinski definition) is 1. The molecule has 1 aromatic heterocycles. The van der Waals surface area contributed by atoms with Crippen molar-refractivity contribution >= 4 is 16.6 Å². The zero-order valence-electron chi connectivity index (χ0n) is 12.3. The van der Waals surface area contributed by atoms with Crippen LogP contribution in [0.1, 0.15) is 18.5 Å². The molecule has 0 aliphatic carbocycles. The SMILES string of the molecule is Cc1nnc(N2CCC(OCCO)CC2)c2ccccc12. The van der Waals surface area contributed by atoms with Crippen LogP contribution in [0.2, 0.25) is 0 Å². The molecule has 0 atom stereocenters. The van der Waals surface area contributed by atoms with Crippen molar-refractivity contribution in [1.82, 2.24) is 10.2 Å². The van der Waals surface area contributed by atoms with Crippen LogP contribution in [0, 0.1) is 6.92 Å². The van der Waals surface area contributed by atoms with Gasteiger partial charge in [0.15, 0.2) is 5.82 Å². The molecule has 0 spiro atoms. The first-order valence-corrected chi connectivity index (χ1v) is 7.49. The van der Waals surface area contributed by atoms with Crippen molar-refractivity contribution in [2.75, 3.05) is 31.2 Å². The number of benzene rings is 1. The lowest BCUT2D eigenvalue weighted by molar-refractivity contribution is 0.0158. The van der Waals surface area contributed by atoms with Crippen molar-refractivity contribution in [3.8, 4) is 0 Å². The number of hydrogen-bond acceptors (Lipinski definition) is 5. The van der Waals surface area contributed by atoms with Gasteiger partial charge in [0.05, 0.1) is 25.0 Å². The predicted molar refractivity (Wildman–Crippen MR) is 82.5 cm³/mol. The number of fused-ring (bicyclic) bond motifs is 1. The molecule has 0 saturated carbocycles.